The molecular formula is C47H85NO. The van der Waals surface area contributed by atoms with Crippen molar-refractivity contribution >= 4 is 5.78 Å². The van der Waals surface area contributed by atoms with Gasteiger partial charge in [-0.3, -0.25) is 4.79 Å². The molecule has 0 heterocycles. The summed E-state index contributed by atoms with van der Waals surface area (Å²) in [6.07, 6.45) is 58.4. The van der Waals surface area contributed by atoms with Crippen molar-refractivity contribution in [2.75, 3.05) is 14.1 Å². The molecule has 2 heteroatoms. The van der Waals surface area contributed by atoms with Gasteiger partial charge >= 0.3 is 0 Å². The summed E-state index contributed by atoms with van der Waals surface area (Å²) in [5, 5.41) is 0. The number of allylic oxidation sites excluding steroid dienone is 8. The first kappa shape index (κ1) is 45.6. The molecule has 2 unspecified atom stereocenters. The van der Waals surface area contributed by atoms with Crippen LogP contribution in [0.2, 0.25) is 0 Å². The predicted molar refractivity (Wildman–Crippen MR) is 220 cm³/mol. The minimum Gasteiger partial charge on any atom is -0.306 e. The number of nitrogens with zero attached hydrogens (tertiary/aromatic N) is 1. The van der Waals surface area contributed by atoms with Crippen LogP contribution < -0.4 is 0 Å². The van der Waals surface area contributed by atoms with Gasteiger partial charge in [-0.05, 0) is 97.1 Å². The highest BCUT2D eigenvalue weighted by Gasteiger charge is 2.32. The van der Waals surface area contributed by atoms with E-state index in [4.69, 9.17) is 0 Å². The highest BCUT2D eigenvalue weighted by Crippen LogP contribution is 2.32. The average Bonchev–Trinajstić information content (AvgIpc) is 3.11. The molecule has 0 saturated heterocycles. The van der Waals surface area contributed by atoms with E-state index in [2.05, 4.69) is 81.5 Å². The Labute approximate surface area is 308 Å². The molecule has 1 saturated carbocycles. The van der Waals surface area contributed by atoms with Crippen LogP contribution in [0.5, 0.6) is 0 Å². The molecule has 2 nitrogen and oxygen atoms in total. The van der Waals surface area contributed by atoms with Crippen molar-refractivity contribution < 1.29 is 4.79 Å². The molecule has 1 aliphatic carbocycles. The topological polar surface area (TPSA) is 20.3 Å². The molecule has 0 amide bonds. The molecule has 284 valence electrons. The molecule has 0 aromatic heterocycles. The third-order valence-electron chi connectivity index (χ3n) is 10.9. The molecular weight excluding hydrogens is 595 g/mol. The molecule has 1 rings (SSSR count). The Bertz CT molecular complexity index is 787. The van der Waals surface area contributed by atoms with Gasteiger partial charge in [0.15, 0.2) is 0 Å². The van der Waals surface area contributed by atoms with E-state index in [0.717, 1.165) is 25.7 Å². The Morgan fingerprint density at radius 2 is 0.918 bits per heavy atom. The van der Waals surface area contributed by atoms with Gasteiger partial charge in [-0.2, -0.15) is 0 Å². The maximum atomic E-state index is 13.6. The standard InChI is InChI=1S/C47H85NO/c1-5-7-9-11-13-15-17-19-21-23-25-27-29-31-33-35-39-44(43-47(49)45-41-37-38-42-46(45)48(3)4)40-36-34-32-30-28-26-24-22-20-18-16-14-12-10-8-6-2/h13-16,19-22,44-46H,5-12,17-18,23-43H2,1-4H3/b15-13-,16-14-,21-19-,22-20-. The molecule has 0 bridgehead atoms. The van der Waals surface area contributed by atoms with Crippen LogP contribution in [-0.2, 0) is 4.79 Å². The highest BCUT2D eigenvalue weighted by molar-refractivity contribution is 5.82. The van der Waals surface area contributed by atoms with Crippen LogP contribution in [0.25, 0.3) is 0 Å². The maximum absolute atomic E-state index is 13.6. The van der Waals surface area contributed by atoms with Crippen molar-refractivity contribution in [1.29, 1.82) is 0 Å². The van der Waals surface area contributed by atoms with Crippen LogP contribution >= 0.6 is 0 Å². The van der Waals surface area contributed by atoms with E-state index in [9.17, 15) is 4.79 Å². The van der Waals surface area contributed by atoms with Crippen molar-refractivity contribution in [2.45, 2.75) is 219 Å². The van der Waals surface area contributed by atoms with Crippen molar-refractivity contribution in [3.05, 3.63) is 48.6 Å². The summed E-state index contributed by atoms with van der Waals surface area (Å²) in [6.45, 7) is 4.54. The van der Waals surface area contributed by atoms with E-state index >= 15 is 0 Å². The number of unbranched alkanes of at least 4 members (excludes halogenated alkanes) is 18. The Kier molecular flexibility index (Phi) is 32.6. The van der Waals surface area contributed by atoms with Crippen molar-refractivity contribution in [1.82, 2.24) is 4.90 Å². The Balaban J connectivity index is 2.27. The summed E-state index contributed by atoms with van der Waals surface area (Å²) in [5.41, 5.74) is 0. The fourth-order valence-electron chi connectivity index (χ4n) is 7.73. The summed E-state index contributed by atoms with van der Waals surface area (Å²) < 4.78 is 0. The van der Waals surface area contributed by atoms with Crippen LogP contribution in [0.4, 0.5) is 0 Å². The van der Waals surface area contributed by atoms with Crippen LogP contribution in [0.1, 0.15) is 213 Å². The zero-order valence-electron chi connectivity index (χ0n) is 33.6. The third kappa shape index (κ3) is 27.9. The van der Waals surface area contributed by atoms with E-state index in [-0.39, 0.29) is 5.92 Å². The van der Waals surface area contributed by atoms with E-state index in [0.29, 0.717) is 17.7 Å². The smallest absolute Gasteiger partial charge is 0.137 e. The zero-order chi connectivity index (χ0) is 35.5. The van der Waals surface area contributed by atoms with Crippen LogP contribution in [0, 0.1) is 11.8 Å². The van der Waals surface area contributed by atoms with Gasteiger partial charge in [-0.25, -0.2) is 0 Å². The molecule has 1 aliphatic rings. The van der Waals surface area contributed by atoms with Gasteiger partial charge in [0.25, 0.3) is 0 Å². The van der Waals surface area contributed by atoms with E-state index in [1.807, 2.05) is 0 Å². The first-order chi connectivity index (χ1) is 24.1. The second-order valence-electron chi connectivity index (χ2n) is 15.7. The Morgan fingerprint density at radius 1 is 0.531 bits per heavy atom. The number of Topliss-reactive ketones (excluding diaryl/α,β-unsaturated/α-hetero) is 1. The number of ketones is 1. The van der Waals surface area contributed by atoms with Crippen LogP contribution in [0.15, 0.2) is 48.6 Å². The number of hydrogen-bond acceptors (Lipinski definition) is 2. The zero-order valence-corrected chi connectivity index (χ0v) is 33.6. The minimum absolute atomic E-state index is 0.276. The quantitative estimate of drug-likeness (QED) is 0.0498. The monoisotopic (exact) mass is 680 g/mol. The van der Waals surface area contributed by atoms with E-state index in [1.165, 1.54) is 173 Å². The van der Waals surface area contributed by atoms with Gasteiger partial charge in [-0.15, -0.1) is 0 Å². The number of carbonyl (C=O) groups excluding carboxylic acids is 1. The molecule has 2 atom stereocenters. The molecule has 0 N–H and O–H groups in total. The lowest BCUT2D eigenvalue weighted by molar-refractivity contribution is -0.127. The Morgan fingerprint density at radius 3 is 1.35 bits per heavy atom. The summed E-state index contributed by atoms with van der Waals surface area (Å²) in [5.74, 6) is 1.47. The number of hydrogen-bond donors (Lipinski definition) is 0. The first-order valence-corrected chi connectivity index (χ1v) is 21.9. The largest absolute Gasteiger partial charge is 0.306 e. The van der Waals surface area contributed by atoms with Gasteiger partial charge < -0.3 is 4.90 Å². The molecule has 0 aromatic carbocycles. The molecule has 0 aliphatic heterocycles. The van der Waals surface area contributed by atoms with Gasteiger partial charge in [0.05, 0.1) is 0 Å². The van der Waals surface area contributed by atoms with Crippen LogP contribution in [-0.4, -0.2) is 30.8 Å². The molecule has 0 spiro atoms. The first-order valence-electron chi connectivity index (χ1n) is 21.9. The predicted octanol–water partition coefficient (Wildman–Crippen LogP) is 15.1. The highest BCUT2D eigenvalue weighted by atomic mass is 16.1. The number of carbonyl (C=O) groups is 1. The lowest BCUT2D eigenvalue weighted by Gasteiger charge is -2.36. The molecule has 49 heavy (non-hydrogen) atoms. The van der Waals surface area contributed by atoms with Gasteiger partial charge in [0.2, 0.25) is 0 Å². The summed E-state index contributed by atoms with van der Waals surface area (Å²) in [4.78, 5) is 16.0. The minimum atomic E-state index is 0.276. The maximum Gasteiger partial charge on any atom is 0.137 e. The molecule has 0 radical (unpaired) electrons. The summed E-state index contributed by atoms with van der Waals surface area (Å²) >= 11 is 0. The number of rotatable bonds is 34. The average molecular weight is 680 g/mol. The van der Waals surface area contributed by atoms with Gasteiger partial charge in [0, 0.05) is 18.4 Å². The SMILES string of the molecule is CCCCC/C=C\C/C=C\CCCCCCCCC(CCCCCCCC/C=C\C/C=C\CCCCC)CC(=O)C1CCCCC1N(C)C. The second-order valence-corrected chi connectivity index (χ2v) is 15.7. The van der Waals surface area contributed by atoms with Crippen molar-refractivity contribution in [3.63, 3.8) is 0 Å². The fourth-order valence-corrected chi connectivity index (χ4v) is 7.73. The Hall–Kier alpha value is -1.41. The third-order valence-corrected chi connectivity index (χ3v) is 10.9. The molecule has 1 fully saturated rings. The van der Waals surface area contributed by atoms with E-state index in [1.54, 1.807) is 0 Å². The van der Waals surface area contributed by atoms with Crippen molar-refractivity contribution in [3.8, 4) is 0 Å². The lowest BCUT2D eigenvalue weighted by Crippen LogP contribution is -2.41. The van der Waals surface area contributed by atoms with Gasteiger partial charge in [0.1, 0.15) is 5.78 Å². The second kappa shape index (κ2) is 35.0. The normalized spacial score (nSPS) is 17.3. The van der Waals surface area contributed by atoms with Gasteiger partial charge in [-0.1, -0.05) is 178 Å². The van der Waals surface area contributed by atoms with Crippen molar-refractivity contribution in [2.24, 2.45) is 11.8 Å². The summed E-state index contributed by atoms with van der Waals surface area (Å²) in [6, 6.07) is 0.464. The summed E-state index contributed by atoms with van der Waals surface area (Å²) in [7, 11) is 4.37. The fraction of sp³-hybridized carbons (Fsp3) is 0.809. The van der Waals surface area contributed by atoms with Crippen LogP contribution in [0.3, 0.4) is 0 Å². The molecule has 0 aromatic rings. The van der Waals surface area contributed by atoms with E-state index < -0.39 is 0 Å². The lowest BCUT2D eigenvalue weighted by atomic mass is 9.77.